The van der Waals surface area contributed by atoms with E-state index in [1.807, 2.05) is 12.1 Å². The number of rotatable bonds is 4. The summed E-state index contributed by atoms with van der Waals surface area (Å²) < 4.78 is 32.6. The summed E-state index contributed by atoms with van der Waals surface area (Å²) in [6, 6.07) is 14.9. The van der Waals surface area contributed by atoms with Crippen LogP contribution in [-0.2, 0) is 10.0 Å². The summed E-state index contributed by atoms with van der Waals surface area (Å²) in [5.41, 5.74) is 2.42. The maximum absolute atomic E-state index is 12.9. The van der Waals surface area contributed by atoms with Crippen molar-refractivity contribution < 1.29 is 13.2 Å². The van der Waals surface area contributed by atoms with Crippen molar-refractivity contribution in [3.05, 3.63) is 60.3 Å². The Bertz CT molecular complexity index is 1020. The molecule has 0 atom stereocenters. The molecule has 1 aliphatic heterocycles. The van der Waals surface area contributed by atoms with Crippen molar-refractivity contribution in [3.8, 4) is 5.75 Å². The Morgan fingerprint density at radius 2 is 1.85 bits per heavy atom. The smallest absolute Gasteiger partial charge is 0.243 e. The fraction of sp³-hybridized carbons (Fsp3) is 0.300. The molecule has 0 unspecified atom stereocenters. The number of para-hydroxylation sites is 1. The number of aromatic nitrogens is 1. The second kappa shape index (κ2) is 6.78. The van der Waals surface area contributed by atoms with E-state index in [-0.39, 0.29) is 0 Å². The van der Waals surface area contributed by atoms with E-state index in [1.165, 1.54) is 10.9 Å². The molecule has 1 saturated heterocycles. The molecule has 1 aliphatic rings. The van der Waals surface area contributed by atoms with Crippen LogP contribution in [0.15, 0.2) is 59.6 Å². The number of hydrogen-bond donors (Lipinski definition) is 1. The average Bonchev–Trinajstić information content (AvgIpc) is 3.12. The third-order valence-corrected chi connectivity index (χ3v) is 7.09. The van der Waals surface area contributed by atoms with Gasteiger partial charge < -0.3 is 9.72 Å². The number of sulfonamides is 1. The van der Waals surface area contributed by atoms with E-state index in [9.17, 15) is 8.42 Å². The van der Waals surface area contributed by atoms with Gasteiger partial charge in [0.1, 0.15) is 5.75 Å². The number of H-pyrrole nitrogens is 1. The first kappa shape index (κ1) is 17.1. The molecule has 0 bridgehead atoms. The summed E-state index contributed by atoms with van der Waals surface area (Å²) in [7, 11) is -1.94. The second-order valence-corrected chi connectivity index (χ2v) is 8.58. The minimum absolute atomic E-state index is 0.294. The molecule has 4 rings (SSSR count). The molecular weight excluding hydrogens is 348 g/mol. The molecule has 3 aromatic rings. The van der Waals surface area contributed by atoms with Gasteiger partial charge in [-0.25, -0.2) is 8.42 Å². The Hall–Kier alpha value is -2.31. The van der Waals surface area contributed by atoms with Crippen LogP contribution in [0.4, 0.5) is 0 Å². The number of nitrogens with one attached hydrogen (secondary N) is 1. The zero-order valence-electron chi connectivity index (χ0n) is 14.7. The topological polar surface area (TPSA) is 62.4 Å². The van der Waals surface area contributed by atoms with Crippen LogP contribution in [0, 0.1) is 0 Å². The summed E-state index contributed by atoms with van der Waals surface area (Å²) in [5.74, 6) is 0.933. The molecule has 26 heavy (non-hydrogen) atoms. The molecule has 136 valence electrons. The molecule has 6 heteroatoms. The highest BCUT2D eigenvalue weighted by Crippen LogP contribution is 2.34. The van der Waals surface area contributed by atoms with E-state index in [0.29, 0.717) is 29.7 Å². The number of fused-ring (bicyclic) bond motifs is 1. The van der Waals surface area contributed by atoms with Crippen LogP contribution in [-0.4, -0.2) is 37.9 Å². The van der Waals surface area contributed by atoms with Crippen LogP contribution in [0.5, 0.6) is 5.75 Å². The Morgan fingerprint density at radius 1 is 1.08 bits per heavy atom. The first-order valence-corrected chi connectivity index (χ1v) is 10.2. The van der Waals surface area contributed by atoms with E-state index in [1.54, 1.807) is 35.7 Å². The fourth-order valence-corrected chi connectivity index (χ4v) is 5.25. The van der Waals surface area contributed by atoms with E-state index < -0.39 is 10.0 Å². The monoisotopic (exact) mass is 370 g/mol. The average molecular weight is 370 g/mol. The molecule has 2 aromatic carbocycles. The van der Waals surface area contributed by atoms with Crippen LogP contribution < -0.4 is 4.74 Å². The van der Waals surface area contributed by atoms with Crippen molar-refractivity contribution in [3.63, 3.8) is 0 Å². The molecule has 5 nitrogen and oxygen atoms in total. The third-order valence-electron chi connectivity index (χ3n) is 5.19. The summed E-state index contributed by atoms with van der Waals surface area (Å²) >= 11 is 0. The zero-order chi connectivity index (χ0) is 18.1. The van der Waals surface area contributed by atoms with Gasteiger partial charge in [-0.15, -0.1) is 0 Å². The molecule has 1 N–H and O–H groups in total. The second-order valence-electron chi connectivity index (χ2n) is 6.65. The van der Waals surface area contributed by atoms with Gasteiger partial charge in [-0.1, -0.05) is 24.3 Å². The zero-order valence-corrected chi connectivity index (χ0v) is 15.5. The van der Waals surface area contributed by atoms with Gasteiger partial charge in [0.05, 0.1) is 12.0 Å². The Labute approximate surface area is 153 Å². The number of hydrogen-bond acceptors (Lipinski definition) is 3. The Morgan fingerprint density at radius 3 is 2.62 bits per heavy atom. The lowest BCUT2D eigenvalue weighted by Gasteiger charge is -2.31. The lowest BCUT2D eigenvalue weighted by molar-refractivity contribution is 0.320. The minimum atomic E-state index is -3.48. The lowest BCUT2D eigenvalue weighted by atomic mass is 9.90. The van der Waals surface area contributed by atoms with Crippen molar-refractivity contribution in [1.82, 2.24) is 9.29 Å². The van der Waals surface area contributed by atoms with Crippen LogP contribution in [0.25, 0.3) is 10.9 Å². The number of ether oxygens (including phenoxy) is 1. The lowest BCUT2D eigenvalue weighted by Crippen LogP contribution is -2.37. The molecule has 0 amide bonds. The molecule has 0 aliphatic carbocycles. The number of piperidine rings is 1. The predicted molar refractivity (Wildman–Crippen MR) is 102 cm³/mol. The number of nitrogens with zero attached hydrogens (tertiary/aromatic N) is 1. The normalized spacial score (nSPS) is 16.8. The molecule has 0 radical (unpaired) electrons. The van der Waals surface area contributed by atoms with Gasteiger partial charge in [0.15, 0.2) is 0 Å². The van der Waals surface area contributed by atoms with Crippen molar-refractivity contribution in [2.24, 2.45) is 0 Å². The van der Waals surface area contributed by atoms with Gasteiger partial charge in [0.2, 0.25) is 10.0 Å². The van der Waals surface area contributed by atoms with E-state index in [4.69, 9.17) is 4.74 Å². The maximum atomic E-state index is 12.9. The third kappa shape index (κ3) is 2.99. The van der Waals surface area contributed by atoms with Crippen molar-refractivity contribution in [2.75, 3.05) is 20.2 Å². The first-order chi connectivity index (χ1) is 12.6. The van der Waals surface area contributed by atoms with Gasteiger partial charge in [-0.05, 0) is 42.5 Å². The fourth-order valence-electron chi connectivity index (χ4n) is 3.75. The maximum Gasteiger partial charge on any atom is 0.243 e. The van der Waals surface area contributed by atoms with Crippen molar-refractivity contribution >= 4 is 20.9 Å². The minimum Gasteiger partial charge on any atom is -0.497 e. The van der Waals surface area contributed by atoms with E-state index in [0.717, 1.165) is 18.4 Å². The predicted octanol–water partition coefficient (Wildman–Crippen LogP) is 3.74. The summed E-state index contributed by atoms with van der Waals surface area (Å²) in [4.78, 5) is 3.61. The summed E-state index contributed by atoms with van der Waals surface area (Å²) in [6.45, 7) is 1.06. The summed E-state index contributed by atoms with van der Waals surface area (Å²) in [6.07, 6.45) is 3.72. The highest BCUT2D eigenvalue weighted by molar-refractivity contribution is 7.89. The molecule has 1 aromatic heterocycles. The molecule has 0 spiro atoms. The van der Waals surface area contributed by atoms with Crippen LogP contribution >= 0.6 is 0 Å². The molecular formula is C20H22N2O3S. The quantitative estimate of drug-likeness (QED) is 0.761. The van der Waals surface area contributed by atoms with Gasteiger partial charge in [-0.3, -0.25) is 0 Å². The van der Waals surface area contributed by atoms with Gasteiger partial charge in [0, 0.05) is 36.3 Å². The van der Waals surface area contributed by atoms with Gasteiger partial charge in [0.25, 0.3) is 0 Å². The highest BCUT2D eigenvalue weighted by atomic mass is 32.2. The van der Waals surface area contributed by atoms with Crippen molar-refractivity contribution in [1.29, 1.82) is 0 Å². The summed E-state index contributed by atoms with van der Waals surface area (Å²) in [5, 5.41) is 1.24. The molecule has 1 fully saturated rings. The van der Waals surface area contributed by atoms with Crippen LogP contribution in [0.1, 0.15) is 24.3 Å². The number of benzene rings is 2. The molecule has 0 saturated carbocycles. The van der Waals surface area contributed by atoms with Crippen LogP contribution in [0.3, 0.4) is 0 Å². The molecule has 2 heterocycles. The number of methoxy groups -OCH3 is 1. The highest BCUT2D eigenvalue weighted by Gasteiger charge is 2.30. The Kier molecular flexibility index (Phi) is 4.46. The van der Waals surface area contributed by atoms with E-state index in [2.05, 4.69) is 23.3 Å². The first-order valence-electron chi connectivity index (χ1n) is 8.80. The van der Waals surface area contributed by atoms with Crippen molar-refractivity contribution in [2.45, 2.75) is 23.7 Å². The standard InChI is InChI=1S/C20H22N2O3S/c1-25-16-5-4-6-17(13-16)26(23,24)22-11-9-15(10-12-22)19-14-21-20-8-3-2-7-18(19)20/h2-8,13-15,21H,9-12H2,1H3. The van der Waals surface area contributed by atoms with E-state index >= 15 is 0 Å². The largest absolute Gasteiger partial charge is 0.497 e. The van der Waals surface area contributed by atoms with Gasteiger partial charge in [-0.2, -0.15) is 4.31 Å². The van der Waals surface area contributed by atoms with Gasteiger partial charge >= 0.3 is 0 Å². The Balaban J connectivity index is 1.52. The van der Waals surface area contributed by atoms with Crippen LogP contribution in [0.2, 0.25) is 0 Å². The SMILES string of the molecule is COc1cccc(S(=O)(=O)N2CCC(c3c[nH]c4ccccc34)CC2)c1. The number of aromatic amines is 1.